The van der Waals surface area contributed by atoms with E-state index in [1.54, 1.807) is 48.5 Å². The maximum absolute atomic E-state index is 16.6. The number of aromatic nitrogens is 2. The fourth-order valence-corrected chi connectivity index (χ4v) is 5.70. The van der Waals surface area contributed by atoms with Crippen molar-refractivity contribution in [2.75, 3.05) is 18.1 Å². The number of esters is 2. The molecule has 2 aromatic carbocycles. The van der Waals surface area contributed by atoms with E-state index in [0.29, 0.717) is 12.2 Å². The second kappa shape index (κ2) is 9.40. The highest BCUT2D eigenvalue weighted by Crippen LogP contribution is 2.61. The molecule has 36 heavy (non-hydrogen) atoms. The zero-order valence-corrected chi connectivity index (χ0v) is 19.7. The van der Waals surface area contributed by atoms with E-state index in [4.69, 9.17) is 19.9 Å². The number of hydrogen-bond acceptors (Lipinski definition) is 9. The van der Waals surface area contributed by atoms with Crippen LogP contribution >= 0.6 is 11.8 Å². The van der Waals surface area contributed by atoms with Gasteiger partial charge in [-0.25, -0.2) is 18.8 Å². The fraction of sp³-hybridized carbons (Fsp3) is 0.280. The molecule has 1 spiro atoms. The number of halogens is 1. The van der Waals surface area contributed by atoms with Gasteiger partial charge in [0, 0.05) is 6.20 Å². The summed E-state index contributed by atoms with van der Waals surface area (Å²) in [6.07, 6.45) is -0.946. The molecule has 5 rings (SSSR count). The summed E-state index contributed by atoms with van der Waals surface area (Å²) in [4.78, 5) is 41.9. The molecule has 2 fully saturated rings. The third-order valence-corrected chi connectivity index (χ3v) is 7.74. The van der Waals surface area contributed by atoms with Gasteiger partial charge in [-0.3, -0.25) is 4.57 Å². The first kappa shape index (κ1) is 24.0. The first-order valence-electron chi connectivity index (χ1n) is 11.2. The Morgan fingerprint density at radius 3 is 2.25 bits per heavy atom. The molecular formula is C25H22FN3O6S. The van der Waals surface area contributed by atoms with Crippen molar-refractivity contribution in [3.63, 3.8) is 0 Å². The first-order chi connectivity index (χ1) is 17.3. The molecule has 0 amide bonds. The number of thioether (sulfide) groups is 1. The zero-order chi connectivity index (χ0) is 25.3. The van der Waals surface area contributed by atoms with E-state index in [2.05, 4.69) is 4.98 Å². The summed E-state index contributed by atoms with van der Waals surface area (Å²) in [6.45, 7) is -0.858. The van der Waals surface area contributed by atoms with E-state index >= 15 is 4.39 Å². The summed E-state index contributed by atoms with van der Waals surface area (Å²) in [6, 6.07) is 17.6. The molecule has 1 aromatic heterocycles. The Balaban J connectivity index is 1.49. The Kier molecular flexibility index (Phi) is 6.27. The molecule has 2 N–H and O–H groups in total. The first-order valence-corrected chi connectivity index (χ1v) is 12.1. The molecule has 0 bridgehead atoms. The van der Waals surface area contributed by atoms with Crippen LogP contribution in [0, 0.1) is 0 Å². The number of carbonyl (C=O) groups excluding carboxylic acids is 2. The normalized spacial score (nSPS) is 26.8. The lowest BCUT2D eigenvalue weighted by Gasteiger charge is -2.44. The maximum Gasteiger partial charge on any atom is 0.351 e. The summed E-state index contributed by atoms with van der Waals surface area (Å²) in [5.74, 6) is -3.66. The fourth-order valence-electron chi connectivity index (χ4n) is 4.35. The zero-order valence-electron chi connectivity index (χ0n) is 18.9. The minimum absolute atomic E-state index is 0.0000762. The third-order valence-electron chi connectivity index (χ3n) is 6.17. The van der Waals surface area contributed by atoms with Crippen molar-refractivity contribution in [3.05, 3.63) is 94.5 Å². The maximum atomic E-state index is 16.6. The Hall–Kier alpha value is -3.70. The molecule has 3 aromatic rings. The van der Waals surface area contributed by atoms with Crippen molar-refractivity contribution in [1.82, 2.24) is 9.55 Å². The van der Waals surface area contributed by atoms with Gasteiger partial charge in [0.2, 0.25) is 0 Å². The second-order valence-corrected chi connectivity index (χ2v) is 9.90. The van der Waals surface area contributed by atoms with Crippen molar-refractivity contribution in [2.45, 2.75) is 29.4 Å². The van der Waals surface area contributed by atoms with E-state index in [1.807, 2.05) is 0 Å². The molecule has 186 valence electrons. The van der Waals surface area contributed by atoms with Crippen molar-refractivity contribution < 1.29 is 28.2 Å². The van der Waals surface area contributed by atoms with Crippen molar-refractivity contribution >= 4 is 29.5 Å². The highest BCUT2D eigenvalue weighted by Gasteiger charge is 2.71. The van der Waals surface area contributed by atoms with Crippen LogP contribution in [-0.4, -0.2) is 50.6 Å². The number of alkyl halides is 1. The van der Waals surface area contributed by atoms with Crippen LogP contribution in [0.3, 0.4) is 0 Å². The van der Waals surface area contributed by atoms with Crippen LogP contribution in [0.25, 0.3) is 0 Å². The molecule has 3 heterocycles. The molecule has 11 heteroatoms. The van der Waals surface area contributed by atoms with E-state index in [9.17, 15) is 14.4 Å². The van der Waals surface area contributed by atoms with E-state index in [0.717, 1.165) is 4.57 Å². The SMILES string of the molecule is Nc1ccn([C@@H]2O[C@](F)(COC(=O)c3ccccc3)[C@@H](OC(=O)c3ccccc3)[C@]23CCS3)c(=O)n1. The minimum Gasteiger partial charge on any atom is -0.456 e. The number of rotatable bonds is 6. The minimum atomic E-state index is -2.74. The van der Waals surface area contributed by atoms with Crippen LogP contribution in [0.1, 0.15) is 33.4 Å². The lowest BCUT2D eigenvalue weighted by molar-refractivity contribution is -0.208. The predicted octanol–water partition coefficient (Wildman–Crippen LogP) is 2.98. The van der Waals surface area contributed by atoms with Crippen LogP contribution in [0.2, 0.25) is 0 Å². The lowest BCUT2D eigenvalue weighted by Crippen LogP contribution is -2.56. The molecule has 2 aliphatic heterocycles. The van der Waals surface area contributed by atoms with Gasteiger partial charge in [-0.2, -0.15) is 4.98 Å². The average Bonchev–Trinajstić information content (AvgIpc) is 3.12. The summed E-state index contributed by atoms with van der Waals surface area (Å²) in [5, 5.41) is 0. The Bertz CT molecular complexity index is 1330. The van der Waals surface area contributed by atoms with Crippen LogP contribution in [-0.2, 0) is 14.2 Å². The number of hydrogen-bond donors (Lipinski definition) is 1. The monoisotopic (exact) mass is 511 g/mol. The molecule has 9 nitrogen and oxygen atoms in total. The van der Waals surface area contributed by atoms with Crippen molar-refractivity contribution in [1.29, 1.82) is 0 Å². The van der Waals surface area contributed by atoms with Gasteiger partial charge in [-0.05, 0) is 42.5 Å². The number of anilines is 1. The van der Waals surface area contributed by atoms with Gasteiger partial charge >= 0.3 is 17.6 Å². The van der Waals surface area contributed by atoms with Gasteiger partial charge in [-0.1, -0.05) is 36.4 Å². The molecule has 4 atom stereocenters. The molecule has 2 saturated heterocycles. The summed E-state index contributed by atoms with van der Waals surface area (Å²) in [5.41, 5.74) is 5.31. The summed E-state index contributed by atoms with van der Waals surface area (Å²) >= 11 is 1.31. The second-order valence-electron chi connectivity index (χ2n) is 8.45. The molecular weight excluding hydrogens is 489 g/mol. The van der Waals surface area contributed by atoms with Gasteiger partial charge in [-0.15, -0.1) is 11.8 Å². The largest absolute Gasteiger partial charge is 0.456 e. The highest BCUT2D eigenvalue weighted by atomic mass is 32.2. The number of nitrogens with two attached hydrogens (primary N) is 1. The molecule has 2 aliphatic rings. The Morgan fingerprint density at radius 1 is 1.08 bits per heavy atom. The lowest BCUT2D eigenvalue weighted by atomic mass is 9.92. The van der Waals surface area contributed by atoms with Crippen LogP contribution in [0.15, 0.2) is 77.7 Å². The van der Waals surface area contributed by atoms with Crippen molar-refractivity contribution in [3.8, 4) is 0 Å². The van der Waals surface area contributed by atoms with Crippen LogP contribution in [0.4, 0.5) is 10.2 Å². The average molecular weight is 512 g/mol. The quantitative estimate of drug-likeness (QED) is 0.498. The van der Waals surface area contributed by atoms with Crippen LogP contribution < -0.4 is 11.4 Å². The van der Waals surface area contributed by atoms with E-state index in [-0.39, 0.29) is 16.9 Å². The molecule has 0 unspecified atom stereocenters. The Labute approximate surface area is 209 Å². The Morgan fingerprint density at radius 2 is 1.69 bits per heavy atom. The van der Waals surface area contributed by atoms with Gasteiger partial charge < -0.3 is 19.9 Å². The number of benzene rings is 2. The predicted molar refractivity (Wildman–Crippen MR) is 129 cm³/mol. The van der Waals surface area contributed by atoms with Gasteiger partial charge in [0.15, 0.2) is 18.9 Å². The number of ether oxygens (including phenoxy) is 3. The number of nitrogen functional groups attached to an aromatic ring is 1. The number of nitrogens with zero attached hydrogens (tertiary/aromatic N) is 2. The smallest absolute Gasteiger partial charge is 0.351 e. The molecule has 0 saturated carbocycles. The van der Waals surface area contributed by atoms with Gasteiger partial charge in [0.05, 0.1) is 11.1 Å². The van der Waals surface area contributed by atoms with Crippen molar-refractivity contribution in [2.24, 2.45) is 0 Å². The van der Waals surface area contributed by atoms with Gasteiger partial charge in [0.25, 0.3) is 5.85 Å². The number of carbonyl (C=O) groups is 2. The van der Waals surface area contributed by atoms with Crippen LogP contribution in [0.5, 0.6) is 0 Å². The van der Waals surface area contributed by atoms with E-state index in [1.165, 1.54) is 36.2 Å². The molecule has 0 aliphatic carbocycles. The van der Waals surface area contributed by atoms with Gasteiger partial charge in [0.1, 0.15) is 10.6 Å². The topological polar surface area (TPSA) is 123 Å². The summed E-state index contributed by atoms with van der Waals surface area (Å²) < 4.78 is 33.4. The summed E-state index contributed by atoms with van der Waals surface area (Å²) in [7, 11) is 0. The standard InChI is InChI=1S/C25H22FN3O6S/c26-25(15-33-19(30)16-7-3-1-4-8-16)21(34-20(31)17-9-5-2-6-10-17)24(12-14-36-24)22(35-25)29-13-11-18(27)28-23(29)32/h1-11,13,21-22H,12,14-15H2,(H2,27,28,32)/t21-,22+,24+,25+/m0/s1. The highest BCUT2D eigenvalue weighted by molar-refractivity contribution is 8.02. The third kappa shape index (κ3) is 4.24. The molecule has 0 radical (unpaired) electrons. The van der Waals surface area contributed by atoms with E-state index < -0.39 is 47.2 Å².